The van der Waals surface area contributed by atoms with E-state index in [1.165, 1.54) is 6.07 Å². The number of rotatable bonds is 4. The van der Waals surface area contributed by atoms with Crippen LogP contribution >= 0.6 is 15.9 Å². The average molecular weight is 357 g/mol. The number of carboxylic acids is 1. The van der Waals surface area contributed by atoms with E-state index in [4.69, 9.17) is 9.84 Å². The van der Waals surface area contributed by atoms with Gasteiger partial charge in [-0.3, -0.25) is 14.4 Å². The zero-order valence-electron chi connectivity index (χ0n) is 11.1. The van der Waals surface area contributed by atoms with Crippen LogP contribution in [-0.4, -0.2) is 35.5 Å². The number of carbonyl (C=O) groups excluding carboxylic acids is 2. The molecule has 1 unspecified atom stereocenters. The van der Waals surface area contributed by atoms with Gasteiger partial charge < -0.3 is 20.5 Å². The minimum Gasteiger partial charge on any atom is -0.482 e. The van der Waals surface area contributed by atoms with Crippen LogP contribution in [0.4, 0.5) is 5.69 Å². The second kappa shape index (κ2) is 6.13. The Hall–Kier alpha value is -2.09. The summed E-state index contributed by atoms with van der Waals surface area (Å²) in [6, 6.07) is 2.57. The molecular weight excluding hydrogens is 344 g/mol. The molecule has 1 atom stereocenters. The summed E-state index contributed by atoms with van der Waals surface area (Å²) < 4.78 is 5.72. The lowest BCUT2D eigenvalue weighted by atomic mass is 10.1. The van der Waals surface area contributed by atoms with Crippen molar-refractivity contribution in [3.05, 3.63) is 22.2 Å². The Bertz CT molecular complexity index is 617. The van der Waals surface area contributed by atoms with Crippen molar-refractivity contribution in [1.82, 2.24) is 5.32 Å². The van der Waals surface area contributed by atoms with Gasteiger partial charge in [0.15, 0.2) is 6.61 Å². The number of amides is 2. The van der Waals surface area contributed by atoms with Gasteiger partial charge in [0.2, 0.25) is 0 Å². The van der Waals surface area contributed by atoms with Gasteiger partial charge in [-0.25, -0.2) is 0 Å². The number of nitrogens with one attached hydrogen (secondary N) is 2. The Morgan fingerprint density at radius 1 is 1.52 bits per heavy atom. The molecule has 2 rings (SSSR count). The molecule has 0 saturated carbocycles. The van der Waals surface area contributed by atoms with Crippen LogP contribution in [0.5, 0.6) is 5.75 Å². The first-order valence-electron chi connectivity index (χ1n) is 6.15. The molecule has 0 radical (unpaired) electrons. The van der Waals surface area contributed by atoms with E-state index in [2.05, 4.69) is 26.6 Å². The molecule has 112 valence electrons. The second-order valence-corrected chi connectivity index (χ2v) is 5.49. The van der Waals surface area contributed by atoms with Crippen molar-refractivity contribution in [2.24, 2.45) is 0 Å². The highest BCUT2D eigenvalue weighted by Crippen LogP contribution is 2.33. The Labute approximate surface area is 128 Å². The molecule has 8 heteroatoms. The van der Waals surface area contributed by atoms with Gasteiger partial charge >= 0.3 is 5.97 Å². The van der Waals surface area contributed by atoms with Crippen molar-refractivity contribution in [1.29, 1.82) is 0 Å². The molecule has 0 spiro atoms. The van der Waals surface area contributed by atoms with E-state index < -0.39 is 17.9 Å². The van der Waals surface area contributed by atoms with Crippen molar-refractivity contribution in [2.45, 2.75) is 19.4 Å². The molecule has 1 aromatic carbocycles. The zero-order valence-corrected chi connectivity index (χ0v) is 12.7. The first-order chi connectivity index (χ1) is 9.86. The van der Waals surface area contributed by atoms with E-state index in [1.807, 2.05) is 0 Å². The fraction of sp³-hybridized carbons (Fsp3) is 0.308. The number of anilines is 1. The molecule has 1 aliphatic rings. The Morgan fingerprint density at radius 2 is 2.24 bits per heavy atom. The number of fused-ring (bicyclic) bond motifs is 1. The van der Waals surface area contributed by atoms with E-state index >= 15 is 0 Å². The van der Waals surface area contributed by atoms with Crippen LogP contribution in [0.3, 0.4) is 0 Å². The van der Waals surface area contributed by atoms with Crippen molar-refractivity contribution in [3.8, 4) is 5.75 Å². The van der Waals surface area contributed by atoms with Crippen LogP contribution in [0.25, 0.3) is 0 Å². The highest BCUT2D eigenvalue weighted by Gasteiger charge is 2.21. The third-order valence-corrected chi connectivity index (χ3v) is 3.46. The summed E-state index contributed by atoms with van der Waals surface area (Å²) >= 11 is 3.25. The molecule has 21 heavy (non-hydrogen) atoms. The highest BCUT2D eigenvalue weighted by atomic mass is 79.9. The first kappa shape index (κ1) is 15.3. The molecule has 0 aliphatic carbocycles. The largest absolute Gasteiger partial charge is 0.482 e. The van der Waals surface area contributed by atoms with Crippen molar-refractivity contribution in [3.63, 3.8) is 0 Å². The fourth-order valence-corrected chi connectivity index (χ4v) is 2.41. The lowest BCUT2D eigenvalue weighted by Crippen LogP contribution is -2.34. The number of halogens is 1. The molecule has 1 heterocycles. The summed E-state index contributed by atoms with van der Waals surface area (Å²) in [7, 11) is 0. The molecule has 0 saturated heterocycles. The van der Waals surface area contributed by atoms with Crippen LogP contribution in [-0.2, 0) is 9.59 Å². The molecule has 1 aliphatic heterocycles. The molecule has 0 aromatic heterocycles. The van der Waals surface area contributed by atoms with Crippen LogP contribution < -0.4 is 15.4 Å². The van der Waals surface area contributed by atoms with Crippen molar-refractivity contribution in [2.75, 3.05) is 11.9 Å². The monoisotopic (exact) mass is 356 g/mol. The fourth-order valence-electron chi connectivity index (χ4n) is 1.89. The number of hydrogen-bond donors (Lipinski definition) is 3. The van der Waals surface area contributed by atoms with Gasteiger partial charge in [0.25, 0.3) is 11.8 Å². The SMILES string of the molecule is CC(CC(=O)O)NC(=O)c1cc2c(cc1Br)NC(=O)CO2. The summed E-state index contributed by atoms with van der Waals surface area (Å²) in [5, 5.41) is 13.9. The molecule has 3 N–H and O–H groups in total. The smallest absolute Gasteiger partial charge is 0.305 e. The maximum atomic E-state index is 12.1. The van der Waals surface area contributed by atoms with Crippen LogP contribution in [0.2, 0.25) is 0 Å². The Morgan fingerprint density at radius 3 is 2.90 bits per heavy atom. The van der Waals surface area contributed by atoms with E-state index in [-0.39, 0.29) is 18.9 Å². The number of hydrogen-bond acceptors (Lipinski definition) is 4. The average Bonchev–Trinajstić information content (AvgIpc) is 2.36. The molecule has 7 nitrogen and oxygen atoms in total. The van der Waals surface area contributed by atoms with E-state index in [9.17, 15) is 14.4 Å². The van der Waals surface area contributed by atoms with Gasteiger partial charge in [-0.15, -0.1) is 0 Å². The lowest BCUT2D eigenvalue weighted by molar-refractivity contribution is -0.137. The van der Waals surface area contributed by atoms with E-state index in [0.717, 1.165) is 0 Å². The molecule has 2 amide bonds. The minimum atomic E-state index is -0.988. The predicted octanol–water partition coefficient (Wildman–Crippen LogP) is 1.37. The number of carboxylic acid groups (broad SMARTS) is 1. The van der Waals surface area contributed by atoms with Crippen LogP contribution in [0.15, 0.2) is 16.6 Å². The van der Waals surface area contributed by atoms with Gasteiger partial charge in [-0.2, -0.15) is 0 Å². The molecular formula is C13H13BrN2O5. The number of benzene rings is 1. The Balaban J connectivity index is 2.18. The van der Waals surface area contributed by atoms with Gasteiger partial charge in [-0.1, -0.05) is 0 Å². The van der Waals surface area contributed by atoms with Crippen LogP contribution in [0, 0.1) is 0 Å². The summed E-state index contributed by atoms with van der Waals surface area (Å²) in [5.74, 6) is -1.27. The highest BCUT2D eigenvalue weighted by molar-refractivity contribution is 9.10. The normalized spacial score (nSPS) is 14.5. The first-order valence-corrected chi connectivity index (χ1v) is 6.95. The maximum absolute atomic E-state index is 12.1. The predicted molar refractivity (Wildman–Crippen MR) is 77.4 cm³/mol. The standard InChI is InChI=1S/C13H13BrN2O5/c1-6(2-12(18)19)15-13(20)7-3-10-9(4-8(7)14)16-11(17)5-21-10/h3-4,6H,2,5H2,1H3,(H,15,20)(H,16,17)(H,18,19). The quantitative estimate of drug-likeness (QED) is 0.755. The van der Waals surface area contributed by atoms with Gasteiger partial charge in [0.1, 0.15) is 5.75 Å². The van der Waals surface area contributed by atoms with Crippen LogP contribution in [0.1, 0.15) is 23.7 Å². The molecule has 0 bridgehead atoms. The van der Waals surface area contributed by atoms with Gasteiger partial charge in [0, 0.05) is 10.5 Å². The third kappa shape index (κ3) is 3.72. The topological polar surface area (TPSA) is 105 Å². The molecule has 1 aromatic rings. The zero-order chi connectivity index (χ0) is 15.6. The third-order valence-electron chi connectivity index (χ3n) is 2.81. The maximum Gasteiger partial charge on any atom is 0.305 e. The van der Waals surface area contributed by atoms with Crippen molar-refractivity contribution >= 4 is 39.4 Å². The number of carbonyl (C=O) groups is 3. The van der Waals surface area contributed by atoms with Gasteiger partial charge in [0.05, 0.1) is 17.7 Å². The summed E-state index contributed by atoms with van der Waals surface area (Å²) in [6.07, 6.45) is -0.166. The summed E-state index contributed by atoms with van der Waals surface area (Å²) in [4.78, 5) is 33.9. The van der Waals surface area contributed by atoms with E-state index in [0.29, 0.717) is 21.5 Å². The Kier molecular flexibility index (Phi) is 4.46. The summed E-state index contributed by atoms with van der Waals surface area (Å²) in [6.45, 7) is 1.50. The van der Waals surface area contributed by atoms with Crippen molar-refractivity contribution < 1.29 is 24.2 Å². The number of ether oxygens (including phenoxy) is 1. The van der Waals surface area contributed by atoms with E-state index in [1.54, 1.807) is 13.0 Å². The second-order valence-electron chi connectivity index (χ2n) is 4.64. The summed E-state index contributed by atoms with van der Waals surface area (Å²) in [5.41, 5.74) is 0.787. The lowest BCUT2D eigenvalue weighted by Gasteiger charge is -2.20. The minimum absolute atomic E-state index is 0.106. The van der Waals surface area contributed by atoms with Gasteiger partial charge in [-0.05, 0) is 35.0 Å². The molecule has 0 fully saturated rings. The number of aliphatic carboxylic acids is 1.